The molecule has 0 bridgehead atoms. The van der Waals surface area contributed by atoms with Crippen LogP contribution in [0.2, 0.25) is 0 Å². The van der Waals surface area contributed by atoms with Gasteiger partial charge in [0.25, 0.3) is 5.56 Å². The van der Waals surface area contributed by atoms with Crippen LogP contribution in [0, 0.1) is 0 Å². The van der Waals surface area contributed by atoms with Crippen molar-refractivity contribution in [2.75, 3.05) is 0 Å². The number of fused-ring (bicyclic) bond motifs is 3. The van der Waals surface area contributed by atoms with E-state index in [9.17, 15) is 4.79 Å². The average Bonchev–Trinajstić information content (AvgIpc) is 2.98. The maximum atomic E-state index is 12.0. The molecular weight excluding hydrogens is 250 g/mol. The monoisotopic (exact) mass is 261 g/mol. The molecule has 0 saturated carbocycles. The number of hydrogen-bond acceptors (Lipinski definition) is 2. The lowest BCUT2D eigenvalue weighted by molar-refractivity contribution is 1.16. The Morgan fingerprint density at radius 3 is 2.65 bits per heavy atom. The molecule has 96 valence electrons. The van der Waals surface area contributed by atoms with Crippen LogP contribution in [-0.4, -0.2) is 14.4 Å². The van der Waals surface area contributed by atoms with Gasteiger partial charge in [0, 0.05) is 0 Å². The second kappa shape index (κ2) is 4.06. The Labute approximate surface area is 114 Å². The second-order valence-corrected chi connectivity index (χ2v) is 4.70. The van der Waals surface area contributed by atoms with E-state index in [1.807, 2.05) is 34.7 Å². The average molecular weight is 261 g/mol. The van der Waals surface area contributed by atoms with Gasteiger partial charge in [-0.1, -0.05) is 36.4 Å². The van der Waals surface area contributed by atoms with Crippen LogP contribution in [0.15, 0.2) is 65.8 Å². The normalized spacial score (nSPS) is 11.2. The number of aromatic nitrogens is 3. The first-order valence-corrected chi connectivity index (χ1v) is 6.36. The molecule has 0 fully saturated rings. The fraction of sp³-hybridized carbons (Fsp3) is 0. The molecule has 2 aromatic heterocycles. The van der Waals surface area contributed by atoms with Crippen LogP contribution in [0.5, 0.6) is 0 Å². The minimum atomic E-state index is -0.125. The zero-order chi connectivity index (χ0) is 13.5. The van der Waals surface area contributed by atoms with Gasteiger partial charge in [-0.3, -0.25) is 9.20 Å². The summed E-state index contributed by atoms with van der Waals surface area (Å²) in [5, 5.41) is 0. The van der Waals surface area contributed by atoms with E-state index >= 15 is 0 Å². The number of nitrogens with zero attached hydrogens (tertiary/aromatic N) is 2. The minimum Gasteiger partial charge on any atom is -0.319 e. The van der Waals surface area contributed by atoms with E-state index in [0.29, 0.717) is 5.52 Å². The van der Waals surface area contributed by atoms with E-state index in [4.69, 9.17) is 0 Å². The molecule has 0 aliphatic carbocycles. The van der Waals surface area contributed by atoms with Gasteiger partial charge in [0.2, 0.25) is 0 Å². The summed E-state index contributed by atoms with van der Waals surface area (Å²) in [5.74, 6) is 0. The summed E-state index contributed by atoms with van der Waals surface area (Å²) in [7, 11) is 0. The Kier molecular flexibility index (Phi) is 2.23. The molecule has 4 aromatic rings. The molecule has 0 amide bonds. The highest BCUT2D eigenvalue weighted by molar-refractivity contribution is 5.83. The maximum Gasteiger partial charge on any atom is 0.274 e. The topological polar surface area (TPSA) is 50.2 Å². The van der Waals surface area contributed by atoms with Crippen molar-refractivity contribution in [1.82, 2.24) is 14.4 Å². The predicted octanol–water partition coefficient (Wildman–Crippen LogP) is 2.84. The number of benzene rings is 2. The summed E-state index contributed by atoms with van der Waals surface area (Å²) in [6.45, 7) is 0. The Morgan fingerprint density at radius 1 is 0.950 bits per heavy atom. The highest BCUT2D eigenvalue weighted by Crippen LogP contribution is 2.22. The van der Waals surface area contributed by atoms with Crippen LogP contribution in [0.4, 0.5) is 0 Å². The van der Waals surface area contributed by atoms with Crippen LogP contribution in [0.3, 0.4) is 0 Å². The third-order valence-electron chi connectivity index (χ3n) is 3.48. The summed E-state index contributed by atoms with van der Waals surface area (Å²) in [6, 6.07) is 16.1. The summed E-state index contributed by atoms with van der Waals surface area (Å²) < 4.78 is 1.81. The molecule has 0 atom stereocenters. The van der Waals surface area contributed by atoms with Gasteiger partial charge in [-0.05, 0) is 23.3 Å². The summed E-state index contributed by atoms with van der Waals surface area (Å²) in [4.78, 5) is 18.9. The Bertz CT molecular complexity index is 967. The van der Waals surface area contributed by atoms with E-state index in [0.717, 1.165) is 22.2 Å². The van der Waals surface area contributed by atoms with Crippen LogP contribution in [-0.2, 0) is 0 Å². The van der Waals surface area contributed by atoms with Crippen molar-refractivity contribution < 1.29 is 0 Å². The summed E-state index contributed by atoms with van der Waals surface area (Å²) >= 11 is 0. The molecule has 0 unspecified atom stereocenters. The molecule has 1 N–H and O–H groups in total. The third-order valence-corrected chi connectivity index (χ3v) is 3.48. The molecule has 20 heavy (non-hydrogen) atoms. The molecule has 4 nitrogen and oxygen atoms in total. The maximum absolute atomic E-state index is 12.0. The standard InChI is InChI=1S/C16H11N3O/c20-16-15-9-17-10-19(15)14-7-6-12(8-13(14)18-16)11-4-2-1-3-5-11/h1-10H,(H,18,20). The molecule has 0 spiro atoms. The van der Waals surface area contributed by atoms with Crippen molar-refractivity contribution in [3.05, 3.63) is 71.4 Å². The first-order valence-electron chi connectivity index (χ1n) is 6.36. The number of aromatic amines is 1. The lowest BCUT2D eigenvalue weighted by Crippen LogP contribution is -2.09. The summed E-state index contributed by atoms with van der Waals surface area (Å²) in [5.41, 5.74) is 4.39. The van der Waals surface area contributed by atoms with Crippen molar-refractivity contribution in [2.24, 2.45) is 0 Å². The van der Waals surface area contributed by atoms with Crippen LogP contribution < -0.4 is 5.56 Å². The number of hydrogen-bond donors (Lipinski definition) is 1. The molecule has 2 heterocycles. The second-order valence-electron chi connectivity index (χ2n) is 4.70. The molecule has 0 radical (unpaired) electrons. The smallest absolute Gasteiger partial charge is 0.274 e. The Hall–Kier alpha value is -2.88. The van der Waals surface area contributed by atoms with Gasteiger partial charge in [-0.2, -0.15) is 0 Å². The van der Waals surface area contributed by atoms with Gasteiger partial charge in [-0.25, -0.2) is 4.98 Å². The highest BCUT2D eigenvalue weighted by Gasteiger charge is 2.06. The number of rotatable bonds is 1. The van der Waals surface area contributed by atoms with E-state index in [1.54, 1.807) is 12.5 Å². The largest absolute Gasteiger partial charge is 0.319 e. The van der Waals surface area contributed by atoms with Gasteiger partial charge < -0.3 is 4.98 Å². The fourth-order valence-electron chi connectivity index (χ4n) is 2.50. The van der Waals surface area contributed by atoms with Crippen molar-refractivity contribution in [2.45, 2.75) is 0 Å². The predicted molar refractivity (Wildman–Crippen MR) is 78.8 cm³/mol. The molecule has 0 aliphatic heterocycles. The van der Waals surface area contributed by atoms with Crippen LogP contribution in [0.1, 0.15) is 0 Å². The fourth-order valence-corrected chi connectivity index (χ4v) is 2.50. The lowest BCUT2D eigenvalue weighted by atomic mass is 10.1. The molecule has 0 saturated heterocycles. The quantitative estimate of drug-likeness (QED) is 0.573. The number of nitrogens with one attached hydrogen (secondary N) is 1. The van der Waals surface area contributed by atoms with Crippen molar-refractivity contribution >= 4 is 16.6 Å². The van der Waals surface area contributed by atoms with Crippen molar-refractivity contribution in [1.29, 1.82) is 0 Å². The van der Waals surface area contributed by atoms with Crippen LogP contribution >= 0.6 is 0 Å². The van der Waals surface area contributed by atoms with E-state index in [1.165, 1.54) is 0 Å². The zero-order valence-corrected chi connectivity index (χ0v) is 10.6. The zero-order valence-electron chi connectivity index (χ0n) is 10.6. The molecule has 0 aliphatic rings. The summed E-state index contributed by atoms with van der Waals surface area (Å²) in [6.07, 6.45) is 3.23. The van der Waals surface area contributed by atoms with Gasteiger partial charge in [0.15, 0.2) is 0 Å². The number of H-pyrrole nitrogens is 1. The van der Waals surface area contributed by atoms with Crippen LogP contribution in [0.25, 0.3) is 27.7 Å². The molecule has 4 rings (SSSR count). The molecular formula is C16H11N3O. The number of imidazole rings is 1. The van der Waals surface area contributed by atoms with Gasteiger partial charge in [0.1, 0.15) is 5.52 Å². The van der Waals surface area contributed by atoms with Crippen molar-refractivity contribution in [3.63, 3.8) is 0 Å². The molecule has 4 heteroatoms. The first kappa shape index (κ1) is 11.0. The Morgan fingerprint density at radius 2 is 1.80 bits per heavy atom. The van der Waals surface area contributed by atoms with Gasteiger partial charge in [-0.15, -0.1) is 0 Å². The van der Waals surface area contributed by atoms with E-state index < -0.39 is 0 Å². The minimum absolute atomic E-state index is 0.125. The lowest BCUT2D eigenvalue weighted by Gasteiger charge is -2.05. The van der Waals surface area contributed by atoms with E-state index in [-0.39, 0.29) is 5.56 Å². The van der Waals surface area contributed by atoms with Crippen molar-refractivity contribution in [3.8, 4) is 11.1 Å². The van der Waals surface area contributed by atoms with E-state index in [2.05, 4.69) is 28.2 Å². The third kappa shape index (κ3) is 1.55. The SMILES string of the molecule is O=c1[nH]c2cc(-c3ccccc3)ccc2n2cncc12. The molecule has 2 aromatic carbocycles. The highest BCUT2D eigenvalue weighted by atomic mass is 16.1. The first-order chi connectivity index (χ1) is 9.83. The Balaban J connectivity index is 2.05. The van der Waals surface area contributed by atoms with Gasteiger partial charge >= 0.3 is 0 Å². The van der Waals surface area contributed by atoms with Gasteiger partial charge in [0.05, 0.1) is 23.6 Å².